The summed E-state index contributed by atoms with van der Waals surface area (Å²) in [6.45, 7) is 2.45. The molecule has 3 aromatic carbocycles. The summed E-state index contributed by atoms with van der Waals surface area (Å²) in [7, 11) is 0. The van der Waals surface area contributed by atoms with Crippen LogP contribution in [0.15, 0.2) is 48.5 Å². The average molecular weight is 567 g/mol. The molecule has 1 fully saturated rings. The lowest BCUT2D eigenvalue weighted by atomic mass is 9.80. The summed E-state index contributed by atoms with van der Waals surface area (Å²) in [6.07, 6.45) is 2.77. The fraction of sp³-hybridized carbons (Fsp3) is 0.419. The second-order valence-corrected chi connectivity index (χ2v) is 10.3. The monoisotopic (exact) mass is 566 g/mol. The Balaban J connectivity index is 1.34. The van der Waals surface area contributed by atoms with Gasteiger partial charge in [0.25, 0.3) is 0 Å². The number of alkyl halides is 2. The van der Waals surface area contributed by atoms with Crippen LogP contribution < -0.4 is 14.2 Å². The molecule has 1 aliphatic rings. The molecule has 0 saturated heterocycles. The van der Waals surface area contributed by atoms with E-state index in [1.807, 2.05) is 0 Å². The molecule has 0 atom stereocenters. The van der Waals surface area contributed by atoms with Crippen LogP contribution in [0.3, 0.4) is 0 Å². The zero-order valence-electron chi connectivity index (χ0n) is 22.4. The van der Waals surface area contributed by atoms with Gasteiger partial charge in [0.2, 0.25) is 11.6 Å². The van der Waals surface area contributed by atoms with Crippen molar-refractivity contribution >= 4 is 0 Å². The first kappa shape index (κ1) is 29.6. The third kappa shape index (κ3) is 7.23. The van der Waals surface area contributed by atoms with Crippen molar-refractivity contribution in [3.63, 3.8) is 0 Å². The minimum absolute atomic E-state index is 0.00586. The van der Waals surface area contributed by atoms with Crippen LogP contribution in [-0.4, -0.2) is 19.3 Å². The van der Waals surface area contributed by atoms with Gasteiger partial charge in [-0.2, -0.15) is 17.6 Å². The first-order valence-corrected chi connectivity index (χ1v) is 13.4. The Hall–Kier alpha value is -3.36. The van der Waals surface area contributed by atoms with Gasteiger partial charge >= 0.3 is 6.11 Å². The topological polar surface area (TPSA) is 27.7 Å². The second kappa shape index (κ2) is 12.9. The van der Waals surface area contributed by atoms with Gasteiger partial charge in [-0.25, -0.2) is 8.78 Å². The summed E-state index contributed by atoms with van der Waals surface area (Å²) < 4.78 is 101. The van der Waals surface area contributed by atoms with Crippen LogP contribution in [0.2, 0.25) is 0 Å². The molecule has 1 saturated carbocycles. The highest BCUT2D eigenvalue weighted by molar-refractivity contribution is 5.66. The first-order chi connectivity index (χ1) is 19.1. The van der Waals surface area contributed by atoms with Gasteiger partial charge in [0.1, 0.15) is 5.75 Å². The SMILES string of the molecule is CCCC1CCC(COc2ccc(-c3ccc(OC(F)(F)COc4ccc(C)c(F)c4F)cc3)c(F)c2F)CC1. The molecule has 9 heteroatoms. The molecule has 40 heavy (non-hydrogen) atoms. The Morgan fingerprint density at radius 1 is 0.725 bits per heavy atom. The average Bonchev–Trinajstić information content (AvgIpc) is 2.93. The highest BCUT2D eigenvalue weighted by Gasteiger charge is 2.34. The third-order valence-electron chi connectivity index (χ3n) is 7.25. The van der Waals surface area contributed by atoms with E-state index in [4.69, 9.17) is 9.47 Å². The fourth-order valence-corrected chi connectivity index (χ4v) is 4.97. The lowest BCUT2D eigenvalue weighted by Gasteiger charge is -2.28. The van der Waals surface area contributed by atoms with Gasteiger partial charge < -0.3 is 14.2 Å². The predicted molar refractivity (Wildman–Crippen MR) is 140 cm³/mol. The van der Waals surface area contributed by atoms with Crippen LogP contribution in [0.5, 0.6) is 17.2 Å². The van der Waals surface area contributed by atoms with Crippen molar-refractivity contribution in [3.05, 3.63) is 77.4 Å². The molecular weight excluding hydrogens is 534 g/mol. The van der Waals surface area contributed by atoms with E-state index in [-0.39, 0.29) is 28.2 Å². The molecule has 1 aliphatic carbocycles. The van der Waals surface area contributed by atoms with E-state index in [0.29, 0.717) is 12.5 Å². The third-order valence-corrected chi connectivity index (χ3v) is 7.25. The summed E-state index contributed by atoms with van der Waals surface area (Å²) >= 11 is 0. The van der Waals surface area contributed by atoms with Crippen molar-refractivity contribution in [1.29, 1.82) is 0 Å². The van der Waals surface area contributed by atoms with Crippen molar-refractivity contribution in [3.8, 4) is 28.4 Å². The van der Waals surface area contributed by atoms with E-state index in [1.54, 1.807) is 0 Å². The molecule has 3 aromatic rings. The van der Waals surface area contributed by atoms with Crippen molar-refractivity contribution in [2.45, 2.75) is 58.5 Å². The maximum atomic E-state index is 14.9. The van der Waals surface area contributed by atoms with E-state index >= 15 is 0 Å². The molecule has 0 unspecified atom stereocenters. The standard InChI is InChI=1S/C31H32F6O3/c1-3-4-20-6-8-21(9-7-20)17-38-25-16-14-24(28(33)30(25)35)22-10-12-23(13-11-22)40-31(36,37)18-39-26-15-5-19(2)27(32)29(26)34/h5,10-16,20-21H,3-4,6-9,17-18H2,1-2H3. The molecule has 216 valence electrons. The number of halogens is 6. The van der Waals surface area contributed by atoms with Gasteiger partial charge in [-0.15, -0.1) is 0 Å². The molecule has 0 bridgehead atoms. The first-order valence-electron chi connectivity index (χ1n) is 13.4. The highest BCUT2D eigenvalue weighted by Crippen LogP contribution is 2.35. The smallest absolute Gasteiger partial charge is 0.432 e. The minimum atomic E-state index is -3.89. The maximum absolute atomic E-state index is 14.9. The van der Waals surface area contributed by atoms with Crippen LogP contribution in [0, 0.1) is 42.0 Å². The summed E-state index contributed by atoms with van der Waals surface area (Å²) in [5.41, 5.74) is 0.177. The molecule has 0 radical (unpaired) electrons. The Labute approximate surface area is 230 Å². The molecule has 0 spiro atoms. The molecular formula is C31H32F6O3. The van der Waals surface area contributed by atoms with Gasteiger partial charge in [-0.3, -0.25) is 0 Å². The summed E-state index contributed by atoms with van der Waals surface area (Å²) in [6, 6.07) is 9.90. The maximum Gasteiger partial charge on any atom is 0.432 e. The minimum Gasteiger partial charge on any atom is -0.490 e. The Morgan fingerprint density at radius 3 is 2.00 bits per heavy atom. The van der Waals surface area contributed by atoms with Crippen LogP contribution in [0.4, 0.5) is 26.3 Å². The predicted octanol–water partition coefficient (Wildman–Crippen LogP) is 9.25. The van der Waals surface area contributed by atoms with Crippen LogP contribution in [0.1, 0.15) is 51.0 Å². The molecule has 0 amide bonds. The molecule has 3 nitrogen and oxygen atoms in total. The summed E-state index contributed by atoms with van der Waals surface area (Å²) in [4.78, 5) is 0. The van der Waals surface area contributed by atoms with Gasteiger partial charge in [0.05, 0.1) is 6.61 Å². The fourth-order valence-electron chi connectivity index (χ4n) is 4.97. The van der Waals surface area contributed by atoms with Gasteiger partial charge in [-0.1, -0.05) is 50.8 Å². The number of rotatable bonds is 11. The summed E-state index contributed by atoms with van der Waals surface area (Å²) in [5.74, 6) is -4.87. The molecule has 0 N–H and O–H groups in total. The van der Waals surface area contributed by atoms with E-state index < -0.39 is 41.7 Å². The van der Waals surface area contributed by atoms with E-state index in [2.05, 4.69) is 11.7 Å². The van der Waals surface area contributed by atoms with Crippen LogP contribution in [0.25, 0.3) is 11.1 Å². The van der Waals surface area contributed by atoms with Crippen molar-refractivity contribution in [2.24, 2.45) is 11.8 Å². The molecule has 4 rings (SSSR count). The molecule has 0 heterocycles. The van der Waals surface area contributed by atoms with Crippen molar-refractivity contribution in [1.82, 2.24) is 0 Å². The number of benzene rings is 3. The van der Waals surface area contributed by atoms with Crippen molar-refractivity contribution in [2.75, 3.05) is 13.2 Å². The normalized spacial score (nSPS) is 17.5. The van der Waals surface area contributed by atoms with Gasteiger partial charge in [0.15, 0.2) is 29.7 Å². The molecule has 0 aliphatic heterocycles. The molecule has 0 aromatic heterocycles. The van der Waals surface area contributed by atoms with Gasteiger partial charge in [0, 0.05) is 5.56 Å². The Kier molecular flexibility index (Phi) is 9.53. The largest absolute Gasteiger partial charge is 0.490 e. The summed E-state index contributed by atoms with van der Waals surface area (Å²) in [5, 5.41) is 0. The second-order valence-electron chi connectivity index (χ2n) is 10.3. The van der Waals surface area contributed by atoms with Gasteiger partial charge in [-0.05, 0) is 73.1 Å². The van der Waals surface area contributed by atoms with Crippen LogP contribution >= 0.6 is 0 Å². The number of hydrogen-bond acceptors (Lipinski definition) is 3. The van der Waals surface area contributed by atoms with E-state index in [9.17, 15) is 26.3 Å². The van der Waals surface area contributed by atoms with E-state index in [0.717, 1.165) is 49.8 Å². The lowest BCUT2D eigenvalue weighted by Crippen LogP contribution is -2.32. The Bertz CT molecular complexity index is 1290. The number of hydrogen-bond donors (Lipinski definition) is 0. The van der Waals surface area contributed by atoms with E-state index in [1.165, 1.54) is 50.1 Å². The number of aryl methyl sites for hydroxylation is 1. The Morgan fingerprint density at radius 2 is 1.32 bits per heavy atom. The zero-order valence-corrected chi connectivity index (χ0v) is 22.4. The van der Waals surface area contributed by atoms with Crippen molar-refractivity contribution < 1.29 is 40.6 Å². The van der Waals surface area contributed by atoms with Crippen LogP contribution in [-0.2, 0) is 0 Å². The highest BCUT2D eigenvalue weighted by atomic mass is 19.3. The lowest BCUT2D eigenvalue weighted by molar-refractivity contribution is -0.195. The quantitative estimate of drug-likeness (QED) is 0.217. The number of ether oxygens (including phenoxy) is 3. The zero-order chi connectivity index (χ0) is 28.9.